The molecule has 0 bridgehead atoms. The van der Waals surface area contributed by atoms with E-state index in [0.717, 1.165) is 11.4 Å². The van der Waals surface area contributed by atoms with Gasteiger partial charge in [-0.05, 0) is 19.3 Å². The summed E-state index contributed by atoms with van der Waals surface area (Å²) in [6.45, 7) is 6.38. The summed E-state index contributed by atoms with van der Waals surface area (Å²) in [5.41, 5.74) is 0. The molecular formula is C9H15ClN2OS. The van der Waals surface area contributed by atoms with Crippen LogP contribution in [0.1, 0.15) is 32.2 Å². The van der Waals surface area contributed by atoms with Gasteiger partial charge in [-0.3, -0.25) is 0 Å². The minimum atomic E-state index is 0.186. The molecule has 0 aliphatic rings. The molecule has 1 aromatic rings. The van der Waals surface area contributed by atoms with Gasteiger partial charge in [0, 0.05) is 0 Å². The minimum absolute atomic E-state index is 0.186. The van der Waals surface area contributed by atoms with Crippen molar-refractivity contribution in [2.75, 3.05) is 0 Å². The lowest BCUT2D eigenvalue weighted by Gasteiger charge is -2.13. The number of alkyl halides is 1. The third-order valence-corrected chi connectivity index (χ3v) is 2.89. The molecule has 1 unspecified atom stereocenters. The fourth-order valence-electron chi connectivity index (χ4n) is 1.22. The molecule has 0 radical (unpaired) electrons. The van der Waals surface area contributed by atoms with E-state index in [1.54, 1.807) is 0 Å². The predicted octanol–water partition coefficient (Wildman–Crippen LogP) is 3.09. The molecule has 80 valence electrons. The molecule has 0 aliphatic carbocycles. The Hall–Kier alpha value is -0.350. The van der Waals surface area contributed by atoms with Crippen LogP contribution in [0, 0.1) is 5.92 Å². The van der Waals surface area contributed by atoms with E-state index in [1.807, 2.05) is 6.92 Å². The molecule has 0 aliphatic heterocycles. The number of hydrogen-bond donors (Lipinski definition) is 0. The molecule has 3 nitrogen and oxygen atoms in total. The van der Waals surface area contributed by atoms with Crippen LogP contribution >= 0.6 is 22.9 Å². The van der Waals surface area contributed by atoms with Gasteiger partial charge in [0.2, 0.25) is 0 Å². The Morgan fingerprint density at radius 2 is 2.07 bits per heavy atom. The standard InChI is InChI=1S/C9H15ClN2OS/c1-6(2)4-7(3)13-9-12-11-8(5-10)14-9/h6-7H,4-5H2,1-3H3. The maximum atomic E-state index is 5.61. The van der Waals surface area contributed by atoms with Crippen molar-refractivity contribution in [3.63, 3.8) is 0 Å². The lowest BCUT2D eigenvalue weighted by molar-refractivity contribution is 0.191. The fraction of sp³-hybridized carbons (Fsp3) is 0.778. The molecular weight excluding hydrogens is 220 g/mol. The van der Waals surface area contributed by atoms with Crippen molar-refractivity contribution in [1.29, 1.82) is 0 Å². The molecule has 0 saturated carbocycles. The summed E-state index contributed by atoms with van der Waals surface area (Å²) in [6, 6.07) is 0. The Morgan fingerprint density at radius 1 is 1.36 bits per heavy atom. The number of hydrogen-bond acceptors (Lipinski definition) is 4. The zero-order valence-corrected chi connectivity index (χ0v) is 10.2. The molecule has 0 fully saturated rings. The molecule has 0 amide bonds. The van der Waals surface area contributed by atoms with Crippen LogP contribution in [-0.4, -0.2) is 16.3 Å². The van der Waals surface area contributed by atoms with Crippen molar-refractivity contribution in [3.8, 4) is 5.19 Å². The van der Waals surface area contributed by atoms with Crippen molar-refractivity contribution in [2.24, 2.45) is 5.92 Å². The number of aromatic nitrogens is 2. The Kier molecular flexibility index (Phi) is 4.62. The van der Waals surface area contributed by atoms with Crippen LogP contribution in [0.5, 0.6) is 5.19 Å². The highest BCUT2D eigenvalue weighted by Gasteiger charge is 2.10. The number of rotatable bonds is 5. The van der Waals surface area contributed by atoms with Crippen LogP contribution < -0.4 is 4.74 Å². The van der Waals surface area contributed by atoms with E-state index in [9.17, 15) is 0 Å². The summed E-state index contributed by atoms with van der Waals surface area (Å²) >= 11 is 7.03. The average Bonchev–Trinajstić information content (AvgIpc) is 2.50. The molecule has 0 saturated heterocycles. The van der Waals surface area contributed by atoms with Crippen molar-refractivity contribution in [1.82, 2.24) is 10.2 Å². The predicted molar refractivity (Wildman–Crippen MR) is 59.0 cm³/mol. The smallest absolute Gasteiger partial charge is 0.294 e. The first kappa shape index (κ1) is 11.7. The topological polar surface area (TPSA) is 35.0 Å². The van der Waals surface area contributed by atoms with Gasteiger partial charge in [0.1, 0.15) is 5.01 Å². The van der Waals surface area contributed by atoms with Crippen molar-refractivity contribution >= 4 is 22.9 Å². The maximum absolute atomic E-state index is 5.61. The van der Waals surface area contributed by atoms with Crippen LogP contribution in [0.2, 0.25) is 0 Å². The molecule has 5 heteroatoms. The van der Waals surface area contributed by atoms with Crippen LogP contribution in [0.25, 0.3) is 0 Å². The Balaban J connectivity index is 2.43. The summed E-state index contributed by atoms with van der Waals surface area (Å²) in [5.74, 6) is 1.03. The van der Waals surface area contributed by atoms with E-state index >= 15 is 0 Å². The first-order valence-corrected chi connectivity index (χ1v) is 6.02. The number of ether oxygens (including phenoxy) is 1. The van der Waals surface area contributed by atoms with Crippen LogP contribution in [-0.2, 0) is 5.88 Å². The van der Waals surface area contributed by atoms with E-state index in [2.05, 4.69) is 24.0 Å². The lowest BCUT2D eigenvalue weighted by atomic mass is 10.1. The molecule has 0 spiro atoms. The summed E-state index contributed by atoms with van der Waals surface area (Å²) in [4.78, 5) is 0. The van der Waals surface area contributed by atoms with E-state index in [0.29, 0.717) is 17.0 Å². The van der Waals surface area contributed by atoms with Gasteiger partial charge in [-0.1, -0.05) is 25.2 Å². The summed E-state index contributed by atoms with van der Waals surface area (Å²) in [7, 11) is 0. The highest BCUT2D eigenvalue weighted by Crippen LogP contribution is 2.21. The zero-order chi connectivity index (χ0) is 10.6. The highest BCUT2D eigenvalue weighted by molar-refractivity contribution is 7.13. The van der Waals surface area contributed by atoms with Gasteiger partial charge in [0.05, 0.1) is 12.0 Å². The lowest BCUT2D eigenvalue weighted by Crippen LogP contribution is -2.14. The third-order valence-electron chi connectivity index (χ3n) is 1.67. The zero-order valence-electron chi connectivity index (χ0n) is 8.66. The first-order valence-electron chi connectivity index (χ1n) is 4.66. The van der Waals surface area contributed by atoms with E-state index in [1.165, 1.54) is 11.3 Å². The third kappa shape index (κ3) is 3.80. The molecule has 0 N–H and O–H groups in total. The Morgan fingerprint density at radius 3 is 2.57 bits per heavy atom. The second-order valence-corrected chi connectivity index (χ2v) is 4.95. The van der Waals surface area contributed by atoms with E-state index < -0.39 is 0 Å². The second kappa shape index (κ2) is 5.51. The Bertz CT molecular complexity index is 278. The van der Waals surface area contributed by atoms with Crippen LogP contribution in [0.3, 0.4) is 0 Å². The molecule has 14 heavy (non-hydrogen) atoms. The van der Waals surface area contributed by atoms with Crippen LogP contribution in [0.4, 0.5) is 0 Å². The molecule has 0 aromatic carbocycles. The summed E-state index contributed by atoms with van der Waals surface area (Å²) in [5, 5.41) is 9.20. The van der Waals surface area contributed by atoms with Crippen molar-refractivity contribution < 1.29 is 4.74 Å². The van der Waals surface area contributed by atoms with E-state index in [-0.39, 0.29) is 6.10 Å². The molecule has 1 atom stereocenters. The monoisotopic (exact) mass is 234 g/mol. The Labute approximate surface area is 93.5 Å². The molecule has 1 aromatic heterocycles. The minimum Gasteiger partial charge on any atom is -0.466 e. The number of nitrogens with zero attached hydrogens (tertiary/aromatic N) is 2. The number of halogens is 1. The van der Waals surface area contributed by atoms with E-state index in [4.69, 9.17) is 16.3 Å². The van der Waals surface area contributed by atoms with Crippen molar-refractivity contribution in [2.45, 2.75) is 39.2 Å². The fourth-order valence-corrected chi connectivity index (χ4v) is 2.07. The maximum Gasteiger partial charge on any atom is 0.294 e. The normalized spacial score (nSPS) is 13.2. The van der Waals surface area contributed by atoms with Crippen molar-refractivity contribution in [3.05, 3.63) is 5.01 Å². The quantitative estimate of drug-likeness (QED) is 0.735. The molecule has 1 heterocycles. The van der Waals surface area contributed by atoms with Gasteiger partial charge in [0.15, 0.2) is 0 Å². The average molecular weight is 235 g/mol. The van der Waals surface area contributed by atoms with Crippen LogP contribution in [0.15, 0.2) is 0 Å². The van der Waals surface area contributed by atoms with Gasteiger partial charge >= 0.3 is 0 Å². The van der Waals surface area contributed by atoms with Gasteiger partial charge in [-0.25, -0.2) is 0 Å². The molecule has 1 rings (SSSR count). The SMILES string of the molecule is CC(C)CC(C)Oc1nnc(CCl)s1. The van der Waals surface area contributed by atoms with Gasteiger partial charge in [-0.15, -0.1) is 21.8 Å². The largest absolute Gasteiger partial charge is 0.466 e. The summed E-state index contributed by atoms with van der Waals surface area (Å²) in [6.07, 6.45) is 1.21. The summed E-state index contributed by atoms with van der Waals surface area (Å²) < 4.78 is 5.59. The van der Waals surface area contributed by atoms with Gasteiger partial charge < -0.3 is 4.74 Å². The first-order chi connectivity index (χ1) is 6.61. The van der Waals surface area contributed by atoms with Gasteiger partial charge in [-0.2, -0.15) is 0 Å². The van der Waals surface area contributed by atoms with Gasteiger partial charge in [0.25, 0.3) is 5.19 Å². The highest BCUT2D eigenvalue weighted by atomic mass is 35.5. The second-order valence-electron chi connectivity index (χ2n) is 3.65.